The van der Waals surface area contributed by atoms with Gasteiger partial charge in [-0.25, -0.2) is 4.57 Å². The first-order chi connectivity index (χ1) is 20.8. The summed E-state index contributed by atoms with van der Waals surface area (Å²) in [5, 5.41) is 0. The molecule has 0 aliphatic rings. The number of rotatable bonds is 11. The predicted octanol–water partition coefficient (Wildman–Crippen LogP) is 10.9. The van der Waals surface area contributed by atoms with Gasteiger partial charge in [-0.15, -0.1) is 0 Å². The molecule has 0 bridgehead atoms. The van der Waals surface area contributed by atoms with Crippen LogP contribution in [0, 0.1) is 0 Å². The van der Waals surface area contributed by atoms with Crippen molar-refractivity contribution < 1.29 is 35.1 Å². The van der Waals surface area contributed by atoms with Gasteiger partial charge in [0.15, 0.2) is 0 Å². The maximum atomic E-state index is 13.9. The predicted molar refractivity (Wildman–Crippen MR) is 189 cm³/mol. The van der Waals surface area contributed by atoms with Gasteiger partial charge >= 0.3 is 86.9 Å². The Bertz CT molecular complexity index is 1380. The molecule has 254 valence electrons. The molecule has 5 nitrogen and oxygen atoms in total. The molecule has 3 rings (SSSR count). The molecule has 2 N–H and O–H groups in total. The van der Waals surface area contributed by atoms with Crippen LogP contribution < -0.4 is 14.3 Å². The van der Waals surface area contributed by atoms with E-state index in [1.165, 1.54) is 26.3 Å². The average molecular weight is 751 g/mol. The minimum absolute atomic E-state index is 0.176. The fourth-order valence-electron chi connectivity index (χ4n) is 4.76. The molecule has 0 saturated carbocycles. The summed E-state index contributed by atoms with van der Waals surface area (Å²) in [6.07, 6.45) is 0.932. The molecule has 0 heterocycles. The zero-order valence-corrected chi connectivity index (χ0v) is 32.5. The van der Waals surface area contributed by atoms with E-state index >= 15 is 0 Å². The zero-order valence-electron chi connectivity index (χ0n) is 29.3. The number of phosphoric acid groups is 1. The molecule has 0 saturated heterocycles. The molecular formula is C37H55ClNO4PPd. The summed E-state index contributed by atoms with van der Waals surface area (Å²) in [5.41, 5.74) is 11.2. The molecule has 0 radical (unpaired) electrons. The van der Waals surface area contributed by atoms with E-state index < -0.39 is 19.0 Å². The van der Waals surface area contributed by atoms with Crippen molar-refractivity contribution in [2.75, 3.05) is 6.54 Å². The molecule has 0 unspecified atom stereocenters. The average Bonchev–Trinajstić information content (AvgIpc) is 2.91. The molecule has 0 amide bonds. The van der Waals surface area contributed by atoms with Gasteiger partial charge in [0.1, 0.15) is 5.75 Å². The van der Waals surface area contributed by atoms with Gasteiger partial charge in [-0.3, -0.25) is 9.05 Å². The Balaban J connectivity index is 0.000000537. The minimum atomic E-state index is -3.93. The first kappa shape index (κ1) is 39.7. The summed E-state index contributed by atoms with van der Waals surface area (Å²) in [6.45, 7) is 25.1. The number of benzene rings is 3. The summed E-state index contributed by atoms with van der Waals surface area (Å²) in [6, 6.07) is 20.6. The van der Waals surface area contributed by atoms with Gasteiger partial charge in [-0.05, 0) is 87.6 Å². The van der Waals surface area contributed by atoms with Crippen molar-refractivity contribution in [3.05, 3.63) is 82.9 Å². The molecule has 45 heavy (non-hydrogen) atoms. The standard InChI is InChI=1S/C29H45O4P.C8H10N.ClH.Pd/c1-19(2)22-17-24(20(3)4)27(25(18-22)21(5)6)23-15-13-14-16-26(23)31-34(30,32-28(7,8)9)33-29(10,11)12;9-7-6-8-4-2-1-3-5-8;;/h13-21H,1-12H3;1-4H,6-7,9H2;1H;/q;;;+1/p-1. The normalized spacial score (nSPS) is 12.6. The van der Waals surface area contributed by atoms with Crippen LogP contribution in [0.25, 0.3) is 11.1 Å². The Labute approximate surface area is 285 Å². The Morgan fingerprint density at radius 3 is 1.71 bits per heavy atom. The summed E-state index contributed by atoms with van der Waals surface area (Å²) in [4.78, 5) is 0. The fraction of sp³-hybridized carbons (Fsp3) is 0.514. The summed E-state index contributed by atoms with van der Waals surface area (Å²) < 4.78 is 33.2. The first-order valence-corrected chi connectivity index (χ1v) is 20.0. The van der Waals surface area contributed by atoms with Gasteiger partial charge in [-0.2, -0.15) is 0 Å². The van der Waals surface area contributed by atoms with E-state index in [1.54, 1.807) is 0 Å². The van der Waals surface area contributed by atoms with Gasteiger partial charge < -0.3 is 4.52 Å². The van der Waals surface area contributed by atoms with Crippen LogP contribution in [-0.2, 0) is 37.0 Å². The second kappa shape index (κ2) is 17.1. The monoisotopic (exact) mass is 749 g/mol. The molecule has 3 aromatic carbocycles. The van der Waals surface area contributed by atoms with Crippen molar-refractivity contribution in [3.63, 3.8) is 0 Å². The third-order valence-corrected chi connectivity index (χ3v) is 10.5. The molecular weight excluding hydrogens is 695 g/mol. The van der Waals surface area contributed by atoms with Gasteiger partial charge in [0.25, 0.3) is 0 Å². The Kier molecular flexibility index (Phi) is 15.1. The summed E-state index contributed by atoms with van der Waals surface area (Å²) in [7, 11) is 1.84. The van der Waals surface area contributed by atoms with Crippen molar-refractivity contribution >= 4 is 21.4 Å². The SMILES string of the molecule is CC(C)c1cc(C(C)C)c(-c2ccccc2OP(=O)(OC(C)(C)C)OC(C)(C)C)c(C(C)C)c1.NCCc1cccc[c]1[Pd][Cl]. The van der Waals surface area contributed by atoms with E-state index in [1.807, 2.05) is 77.9 Å². The van der Waals surface area contributed by atoms with E-state index in [0.717, 1.165) is 17.5 Å². The van der Waals surface area contributed by atoms with Crippen molar-refractivity contribution in [1.29, 1.82) is 0 Å². The van der Waals surface area contributed by atoms with Crippen molar-refractivity contribution in [3.8, 4) is 16.9 Å². The van der Waals surface area contributed by atoms with Crippen molar-refractivity contribution in [2.45, 2.75) is 118 Å². The zero-order chi connectivity index (χ0) is 34.2. The summed E-state index contributed by atoms with van der Waals surface area (Å²) in [5.74, 6) is 1.54. The van der Waals surface area contributed by atoms with Crippen molar-refractivity contribution in [2.24, 2.45) is 5.73 Å². The molecule has 0 aliphatic heterocycles. The van der Waals surface area contributed by atoms with Gasteiger partial charge in [0.05, 0.1) is 11.2 Å². The van der Waals surface area contributed by atoms with Crippen LogP contribution in [0.1, 0.15) is 123 Å². The quantitative estimate of drug-likeness (QED) is 0.156. The van der Waals surface area contributed by atoms with Crippen LogP contribution in [0.2, 0.25) is 0 Å². The number of hydrogen-bond acceptors (Lipinski definition) is 5. The van der Waals surface area contributed by atoms with Crippen LogP contribution in [-0.4, -0.2) is 17.7 Å². The van der Waals surface area contributed by atoms with E-state index in [-0.39, 0.29) is 17.0 Å². The Morgan fingerprint density at radius 2 is 1.27 bits per heavy atom. The molecule has 8 heteroatoms. The first-order valence-electron chi connectivity index (χ1n) is 15.8. The Morgan fingerprint density at radius 1 is 0.778 bits per heavy atom. The third-order valence-electron chi connectivity index (χ3n) is 6.68. The second-order valence-corrected chi connectivity index (χ2v) is 17.4. The van der Waals surface area contributed by atoms with Crippen molar-refractivity contribution in [1.82, 2.24) is 0 Å². The molecule has 0 aliphatic carbocycles. The molecule has 0 aromatic heterocycles. The van der Waals surface area contributed by atoms with Gasteiger partial charge in [-0.1, -0.05) is 71.9 Å². The number of halogens is 1. The Hall–Kier alpha value is -1.48. The van der Waals surface area contributed by atoms with Gasteiger partial charge in [0.2, 0.25) is 0 Å². The topological polar surface area (TPSA) is 70.8 Å². The van der Waals surface area contributed by atoms with E-state index in [9.17, 15) is 4.57 Å². The van der Waals surface area contributed by atoms with Crippen LogP contribution in [0.4, 0.5) is 0 Å². The molecule has 0 spiro atoms. The van der Waals surface area contributed by atoms with Crippen LogP contribution in [0.3, 0.4) is 0 Å². The third kappa shape index (κ3) is 12.6. The van der Waals surface area contributed by atoms with E-state index in [4.69, 9.17) is 28.8 Å². The van der Waals surface area contributed by atoms with Crippen LogP contribution >= 0.6 is 17.4 Å². The molecule has 0 fully saturated rings. The van der Waals surface area contributed by atoms with E-state index in [2.05, 4.69) is 65.8 Å². The number of hydrogen-bond donors (Lipinski definition) is 1. The summed E-state index contributed by atoms with van der Waals surface area (Å²) >= 11 is 0.176. The van der Waals surface area contributed by atoms with Crippen LogP contribution in [0.15, 0.2) is 60.7 Å². The van der Waals surface area contributed by atoms with Gasteiger partial charge in [0, 0.05) is 5.56 Å². The second-order valence-electron chi connectivity index (χ2n) is 14.1. The molecule has 0 atom stereocenters. The fourth-order valence-corrected chi connectivity index (χ4v) is 8.07. The molecule has 3 aromatic rings. The maximum absolute atomic E-state index is 13.9. The number of nitrogens with two attached hydrogens (primary N) is 1. The number of phosphoric ester groups is 1. The van der Waals surface area contributed by atoms with Crippen LogP contribution in [0.5, 0.6) is 5.75 Å². The van der Waals surface area contributed by atoms with E-state index in [0.29, 0.717) is 30.0 Å². The number of para-hydroxylation sites is 1.